The summed E-state index contributed by atoms with van der Waals surface area (Å²) in [5, 5.41) is 11.9. The normalized spacial score (nSPS) is 11.5. The molecule has 0 saturated carbocycles. The molecule has 0 fully saturated rings. The van der Waals surface area contributed by atoms with Crippen LogP contribution in [-0.2, 0) is 17.4 Å². The van der Waals surface area contributed by atoms with Crippen LogP contribution in [0.1, 0.15) is 18.3 Å². The zero-order chi connectivity index (χ0) is 21.0. The summed E-state index contributed by atoms with van der Waals surface area (Å²) in [6, 6.07) is 9.72. The molecular formula is C18H15BrF3N5OS. The van der Waals surface area contributed by atoms with Gasteiger partial charge in [0.1, 0.15) is 10.9 Å². The summed E-state index contributed by atoms with van der Waals surface area (Å²) in [6.07, 6.45) is -3.21. The first-order chi connectivity index (χ1) is 13.7. The number of benzene rings is 1. The zero-order valence-electron chi connectivity index (χ0n) is 15.1. The van der Waals surface area contributed by atoms with E-state index >= 15 is 0 Å². The Morgan fingerprint density at radius 1 is 1.17 bits per heavy atom. The Bertz CT molecular complexity index is 990. The number of carbonyl (C=O) groups excluding carboxylic acids is 1. The van der Waals surface area contributed by atoms with E-state index in [1.165, 1.54) is 13.0 Å². The highest BCUT2D eigenvalue weighted by Crippen LogP contribution is 2.32. The molecule has 11 heteroatoms. The number of carbonyl (C=O) groups is 1. The Hall–Kier alpha value is -2.40. The number of rotatable bonds is 6. The molecule has 3 rings (SSSR count). The van der Waals surface area contributed by atoms with E-state index in [-0.39, 0.29) is 5.91 Å². The smallest absolute Gasteiger partial charge is 0.356 e. The molecule has 1 N–H and O–H groups in total. The summed E-state index contributed by atoms with van der Waals surface area (Å²) in [6.45, 7) is 1.81. The predicted molar refractivity (Wildman–Crippen MR) is 105 cm³/mol. The summed E-state index contributed by atoms with van der Waals surface area (Å²) >= 11 is 4.49. The second kappa shape index (κ2) is 8.95. The molecule has 6 nitrogen and oxygen atoms in total. The van der Waals surface area contributed by atoms with Gasteiger partial charge in [0.2, 0.25) is 11.1 Å². The van der Waals surface area contributed by atoms with E-state index in [0.29, 0.717) is 29.0 Å². The maximum atomic E-state index is 12.7. The monoisotopic (exact) mass is 485 g/mol. The van der Waals surface area contributed by atoms with Crippen molar-refractivity contribution in [3.63, 3.8) is 0 Å². The lowest BCUT2D eigenvalue weighted by Crippen LogP contribution is -2.23. The van der Waals surface area contributed by atoms with E-state index in [2.05, 4.69) is 36.4 Å². The van der Waals surface area contributed by atoms with Crippen molar-refractivity contribution < 1.29 is 18.0 Å². The van der Waals surface area contributed by atoms with Crippen molar-refractivity contribution in [1.82, 2.24) is 25.1 Å². The van der Waals surface area contributed by atoms with Crippen molar-refractivity contribution in [2.75, 3.05) is 6.54 Å². The molecule has 0 atom stereocenters. The number of halogens is 4. The largest absolute Gasteiger partial charge is 0.417 e. The van der Waals surface area contributed by atoms with Gasteiger partial charge in [0.25, 0.3) is 0 Å². The number of nitrogens with zero attached hydrogens (tertiary/aromatic N) is 4. The first kappa shape index (κ1) is 21.3. The van der Waals surface area contributed by atoms with Crippen LogP contribution in [0.4, 0.5) is 13.2 Å². The maximum absolute atomic E-state index is 12.7. The Morgan fingerprint density at radius 3 is 2.48 bits per heavy atom. The topological polar surface area (TPSA) is 72.7 Å². The lowest BCUT2D eigenvalue weighted by molar-refractivity contribution is -0.137. The fourth-order valence-electron chi connectivity index (χ4n) is 2.43. The van der Waals surface area contributed by atoms with Crippen LogP contribution in [0.3, 0.4) is 0 Å². The molecule has 0 aliphatic heterocycles. The highest BCUT2D eigenvalue weighted by Gasteiger charge is 2.30. The summed E-state index contributed by atoms with van der Waals surface area (Å²) in [5.41, 5.74) is -0.0299. The number of nitrogens with one attached hydrogen (secondary N) is 1. The van der Waals surface area contributed by atoms with Crippen LogP contribution < -0.4 is 5.32 Å². The van der Waals surface area contributed by atoms with Crippen LogP contribution in [0, 0.1) is 0 Å². The van der Waals surface area contributed by atoms with Gasteiger partial charge in [-0.15, -0.1) is 10.2 Å². The molecule has 152 valence electrons. The molecule has 3 aromatic rings. The van der Waals surface area contributed by atoms with Gasteiger partial charge in [0.05, 0.1) is 5.56 Å². The van der Waals surface area contributed by atoms with Gasteiger partial charge in [0.15, 0.2) is 0 Å². The van der Waals surface area contributed by atoms with Crippen LogP contribution in [0.25, 0.3) is 5.69 Å². The molecule has 0 bridgehead atoms. The minimum absolute atomic E-state index is 0.150. The standard InChI is InChI=1S/C18H15BrF3N5OS/c1-11(28)23-9-8-15-25-26-17(27(15)14-5-3-13(19)4-6-14)29-16-7-2-12(10-24-16)18(20,21)22/h2-7,10H,8-9H2,1H3,(H,23,28). The number of pyridine rings is 1. The van der Waals surface area contributed by atoms with Gasteiger partial charge in [-0.2, -0.15) is 13.2 Å². The Labute approximate surface area is 177 Å². The Morgan fingerprint density at radius 2 is 1.90 bits per heavy atom. The van der Waals surface area contributed by atoms with Crippen molar-refractivity contribution >= 4 is 33.6 Å². The molecule has 2 aromatic heterocycles. The summed E-state index contributed by atoms with van der Waals surface area (Å²) in [4.78, 5) is 15.0. The van der Waals surface area contributed by atoms with E-state index in [0.717, 1.165) is 34.2 Å². The number of aromatic nitrogens is 4. The van der Waals surface area contributed by atoms with Crippen molar-refractivity contribution in [1.29, 1.82) is 0 Å². The van der Waals surface area contributed by atoms with Crippen molar-refractivity contribution in [2.45, 2.75) is 29.7 Å². The lowest BCUT2D eigenvalue weighted by Gasteiger charge is -2.11. The molecule has 0 aliphatic carbocycles. The summed E-state index contributed by atoms with van der Waals surface area (Å²) in [7, 11) is 0. The number of hydrogen-bond donors (Lipinski definition) is 1. The molecule has 29 heavy (non-hydrogen) atoms. The first-order valence-corrected chi connectivity index (χ1v) is 10.0. The van der Waals surface area contributed by atoms with Gasteiger partial charge in [-0.1, -0.05) is 15.9 Å². The second-order valence-corrected chi connectivity index (χ2v) is 7.83. The van der Waals surface area contributed by atoms with Gasteiger partial charge in [-0.25, -0.2) is 4.98 Å². The zero-order valence-corrected chi connectivity index (χ0v) is 17.5. The fraction of sp³-hybridized carbons (Fsp3) is 0.222. The van der Waals surface area contributed by atoms with E-state index in [4.69, 9.17) is 0 Å². The average molecular weight is 486 g/mol. The summed E-state index contributed by atoms with van der Waals surface area (Å²) in [5.74, 6) is 0.457. The fourth-order valence-corrected chi connectivity index (χ4v) is 3.51. The molecule has 0 spiro atoms. The van der Waals surface area contributed by atoms with E-state index in [1.54, 1.807) is 4.57 Å². The highest BCUT2D eigenvalue weighted by atomic mass is 79.9. The third kappa shape index (κ3) is 5.57. The van der Waals surface area contributed by atoms with Crippen LogP contribution >= 0.6 is 27.7 Å². The molecule has 1 aromatic carbocycles. The predicted octanol–water partition coefficient (Wildman–Crippen LogP) is 4.27. The maximum Gasteiger partial charge on any atom is 0.417 e. The minimum Gasteiger partial charge on any atom is -0.356 e. The molecule has 0 aliphatic rings. The number of amides is 1. The van der Waals surface area contributed by atoms with Gasteiger partial charge in [0, 0.05) is 36.2 Å². The quantitative estimate of drug-likeness (QED) is 0.564. The van der Waals surface area contributed by atoms with Crippen LogP contribution in [0.5, 0.6) is 0 Å². The molecule has 0 unspecified atom stereocenters. The molecule has 1 amide bonds. The van der Waals surface area contributed by atoms with Crippen LogP contribution in [0.15, 0.2) is 57.3 Å². The molecular weight excluding hydrogens is 471 g/mol. The average Bonchev–Trinajstić information content (AvgIpc) is 3.04. The third-order valence-corrected chi connectivity index (χ3v) is 5.19. The highest BCUT2D eigenvalue weighted by molar-refractivity contribution is 9.10. The minimum atomic E-state index is -4.44. The Balaban J connectivity index is 1.90. The number of alkyl halides is 3. The molecule has 0 saturated heterocycles. The third-order valence-electron chi connectivity index (χ3n) is 3.77. The van der Waals surface area contributed by atoms with Crippen LogP contribution in [0.2, 0.25) is 0 Å². The van der Waals surface area contributed by atoms with Gasteiger partial charge in [-0.3, -0.25) is 9.36 Å². The van der Waals surface area contributed by atoms with Crippen molar-refractivity contribution in [2.24, 2.45) is 0 Å². The molecule has 0 radical (unpaired) electrons. The van der Waals surface area contributed by atoms with Crippen LogP contribution in [-0.4, -0.2) is 32.2 Å². The van der Waals surface area contributed by atoms with Crippen molar-refractivity contribution in [3.8, 4) is 5.69 Å². The lowest BCUT2D eigenvalue weighted by atomic mass is 10.3. The van der Waals surface area contributed by atoms with Gasteiger partial charge < -0.3 is 5.32 Å². The van der Waals surface area contributed by atoms with Crippen molar-refractivity contribution in [3.05, 3.63) is 58.5 Å². The van der Waals surface area contributed by atoms with E-state index in [1.807, 2.05) is 24.3 Å². The first-order valence-electron chi connectivity index (χ1n) is 8.40. The van der Waals surface area contributed by atoms with Gasteiger partial charge in [-0.05, 0) is 48.2 Å². The van der Waals surface area contributed by atoms with Gasteiger partial charge >= 0.3 is 6.18 Å². The Kier molecular flexibility index (Phi) is 6.58. The van der Waals surface area contributed by atoms with E-state index < -0.39 is 11.7 Å². The summed E-state index contributed by atoms with van der Waals surface area (Å²) < 4.78 is 40.9. The van der Waals surface area contributed by atoms with E-state index in [9.17, 15) is 18.0 Å². The second-order valence-electron chi connectivity index (χ2n) is 5.93. The molecule has 2 heterocycles. The number of hydrogen-bond acceptors (Lipinski definition) is 5. The SMILES string of the molecule is CC(=O)NCCc1nnc(Sc2ccc(C(F)(F)F)cn2)n1-c1ccc(Br)cc1.